The first-order valence-corrected chi connectivity index (χ1v) is 6.36. The van der Waals surface area contributed by atoms with Crippen LogP contribution in [0.25, 0.3) is 0 Å². The molecule has 0 aromatic rings. The topological polar surface area (TPSA) is 53.0 Å². The van der Waals surface area contributed by atoms with Crippen molar-refractivity contribution in [2.75, 3.05) is 39.3 Å². The average Bonchev–Trinajstić information content (AvgIpc) is 2.26. The van der Waals surface area contributed by atoms with Crippen molar-refractivity contribution in [3.8, 4) is 0 Å². The SMILES string of the molecule is CCC1(O)CN(CC(=O)N2CCOC(C)C2)C1. The van der Waals surface area contributed by atoms with Gasteiger partial charge in [-0.25, -0.2) is 0 Å². The lowest BCUT2D eigenvalue weighted by Gasteiger charge is -2.46. The first-order valence-electron chi connectivity index (χ1n) is 6.36. The number of ether oxygens (including phenoxy) is 1. The van der Waals surface area contributed by atoms with Gasteiger partial charge in [0, 0.05) is 26.2 Å². The first-order chi connectivity index (χ1) is 8.02. The van der Waals surface area contributed by atoms with E-state index in [4.69, 9.17) is 4.74 Å². The number of hydrogen-bond donors (Lipinski definition) is 1. The van der Waals surface area contributed by atoms with Crippen molar-refractivity contribution in [2.24, 2.45) is 0 Å². The summed E-state index contributed by atoms with van der Waals surface area (Å²) >= 11 is 0. The molecule has 0 saturated carbocycles. The fraction of sp³-hybridized carbons (Fsp3) is 0.917. The van der Waals surface area contributed by atoms with Gasteiger partial charge in [0.15, 0.2) is 0 Å². The Morgan fingerprint density at radius 3 is 2.82 bits per heavy atom. The van der Waals surface area contributed by atoms with Crippen molar-refractivity contribution in [1.82, 2.24) is 9.80 Å². The van der Waals surface area contributed by atoms with E-state index in [1.165, 1.54) is 0 Å². The average molecular weight is 242 g/mol. The van der Waals surface area contributed by atoms with E-state index in [0.29, 0.717) is 39.3 Å². The smallest absolute Gasteiger partial charge is 0.236 e. The molecule has 17 heavy (non-hydrogen) atoms. The van der Waals surface area contributed by atoms with E-state index >= 15 is 0 Å². The lowest BCUT2D eigenvalue weighted by Crippen LogP contribution is -2.63. The minimum atomic E-state index is -0.557. The lowest BCUT2D eigenvalue weighted by molar-refractivity contribution is -0.147. The maximum absolute atomic E-state index is 12.0. The summed E-state index contributed by atoms with van der Waals surface area (Å²) in [5.41, 5.74) is -0.557. The van der Waals surface area contributed by atoms with Crippen LogP contribution in [0.3, 0.4) is 0 Å². The minimum absolute atomic E-state index is 0.136. The molecule has 0 bridgehead atoms. The Kier molecular flexibility index (Phi) is 3.70. The molecule has 2 rings (SSSR count). The largest absolute Gasteiger partial charge is 0.387 e. The van der Waals surface area contributed by atoms with Crippen molar-refractivity contribution in [3.63, 3.8) is 0 Å². The van der Waals surface area contributed by atoms with Crippen molar-refractivity contribution in [3.05, 3.63) is 0 Å². The molecule has 2 aliphatic heterocycles. The zero-order valence-corrected chi connectivity index (χ0v) is 10.7. The number of carbonyl (C=O) groups excluding carboxylic acids is 1. The summed E-state index contributed by atoms with van der Waals surface area (Å²) in [7, 11) is 0. The third-order valence-corrected chi connectivity index (χ3v) is 3.65. The van der Waals surface area contributed by atoms with Gasteiger partial charge >= 0.3 is 0 Å². The van der Waals surface area contributed by atoms with Crippen molar-refractivity contribution in [2.45, 2.75) is 32.0 Å². The molecule has 0 spiro atoms. The van der Waals surface area contributed by atoms with E-state index in [0.717, 1.165) is 6.42 Å². The third kappa shape index (κ3) is 2.97. The molecule has 0 aromatic carbocycles. The third-order valence-electron chi connectivity index (χ3n) is 3.65. The predicted molar refractivity (Wildman–Crippen MR) is 63.7 cm³/mol. The van der Waals surface area contributed by atoms with Crippen molar-refractivity contribution >= 4 is 5.91 Å². The number of nitrogens with zero attached hydrogens (tertiary/aromatic N) is 2. The molecule has 1 unspecified atom stereocenters. The molecule has 2 saturated heterocycles. The second-order valence-corrected chi connectivity index (χ2v) is 5.24. The molecule has 0 aliphatic carbocycles. The molecule has 5 nitrogen and oxygen atoms in total. The molecular formula is C12H22N2O3. The molecular weight excluding hydrogens is 220 g/mol. The van der Waals surface area contributed by atoms with E-state index in [-0.39, 0.29) is 12.0 Å². The zero-order chi connectivity index (χ0) is 12.5. The van der Waals surface area contributed by atoms with Gasteiger partial charge in [0.25, 0.3) is 0 Å². The summed E-state index contributed by atoms with van der Waals surface area (Å²) in [6.07, 6.45) is 0.892. The molecule has 1 N–H and O–H groups in total. The van der Waals surface area contributed by atoms with Gasteiger partial charge < -0.3 is 14.7 Å². The number of β-amino-alcohol motifs (C(OH)–C–C–N with tert-alkyl or cyclic N) is 1. The summed E-state index contributed by atoms with van der Waals surface area (Å²) in [5, 5.41) is 9.87. The summed E-state index contributed by atoms with van der Waals surface area (Å²) in [6, 6.07) is 0. The summed E-state index contributed by atoms with van der Waals surface area (Å²) in [4.78, 5) is 15.9. The standard InChI is InChI=1S/C12H22N2O3/c1-3-12(16)8-13(9-12)7-11(15)14-4-5-17-10(2)6-14/h10,16H,3-9H2,1-2H3. The van der Waals surface area contributed by atoms with Crippen LogP contribution in [0.1, 0.15) is 20.3 Å². The fourth-order valence-corrected chi connectivity index (χ4v) is 2.46. The normalized spacial score (nSPS) is 28.9. The Balaban J connectivity index is 1.75. The molecule has 2 fully saturated rings. The van der Waals surface area contributed by atoms with Crippen molar-refractivity contribution in [1.29, 1.82) is 0 Å². The van der Waals surface area contributed by atoms with E-state index in [1.54, 1.807) is 0 Å². The van der Waals surface area contributed by atoms with Crippen LogP contribution < -0.4 is 0 Å². The zero-order valence-electron chi connectivity index (χ0n) is 10.7. The van der Waals surface area contributed by atoms with Crippen LogP contribution in [0.15, 0.2) is 0 Å². The van der Waals surface area contributed by atoms with Gasteiger partial charge in [0.1, 0.15) is 0 Å². The number of likely N-dealkylation sites (tertiary alicyclic amines) is 1. The quantitative estimate of drug-likeness (QED) is 0.737. The maximum atomic E-state index is 12.0. The number of amides is 1. The molecule has 0 aromatic heterocycles. The Morgan fingerprint density at radius 2 is 2.24 bits per heavy atom. The fourth-order valence-electron chi connectivity index (χ4n) is 2.46. The van der Waals surface area contributed by atoms with E-state index in [2.05, 4.69) is 0 Å². The molecule has 1 amide bonds. The lowest BCUT2D eigenvalue weighted by atomic mass is 9.91. The van der Waals surface area contributed by atoms with Crippen LogP contribution in [0.2, 0.25) is 0 Å². The Bertz CT molecular complexity index is 289. The van der Waals surface area contributed by atoms with Gasteiger partial charge in [-0.2, -0.15) is 0 Å². The van der Waals surface area contributed by atoms with Crippen molar-refractivity contribution < 1.29 is 14.6 Å². The van der Waals surface area contributed by atoms with Gasteiger partial charge in [-0.05, 0) is 13.3 Å². The van der Waals surface area contributed by atoms with Gasteiger partial charge in [-0.1, -0.05) is 6.92 Å². The predicted octanol–water partition coefficient (Wildman–Crippen LogP) is -0.310. The molecule has 0 radical (unpaired) electrons. The Labute approximate surface area is 102 Å². The molecule has 2 aliphatic rings. The first kappa shape index (κ1) is 12.8. The Morgan fingerprint density at radius 1 is 1.53 bits per heavy atom. The van der Waals surface area contributed by atoms with E-state index in [9.17, 15) is 9.90 Å². The van der Waals surface area contributed by atoms with Crippen LogP contribution in [0, 0.1) is 0 Å². The van der Waals surface area contributed by atoms with E-state index < -0.39 is 5.60 Å². The van der Waals surface area contributed by atoms with Gasteiger partial charge in [0.2, 0.25) is 5.91 Å². The van der Waals surface area contributed by atoms with Gasteiger partial charge in [0.05, 0.1) is 24.9 Å². The van der Waals surface area contributed by atoms with Gasteiger partial charge in [-0.3, -0.25) is 9.69 Å². The highest BCUT2D eigenvalue weighted by Gasteiger charge is 2.40. The second-order valence-electron chi connectivity index (χ2n) is 5.24. The highest BCUT2D eigenvalue weighted by atomic mass is 16.5. The maximum Gasteiger partial charge on any atom is 0.236 e. The monoisotopic (exact) mass is 242 g/mol. The number of rotatable bonds is 3. The highest BCUT2D eigenvalue weighted by molar-refractivity contribution is 5.78. The molecule has 98 valence electrons. The number of morpholine rings is 1. The highest BCUT2D eigenvalue weighted by Crippen LogP contribution is 2.23. The van der Waals surface area contributed by atoms with Crippen LogP contribution in [0.5, 0.6) is 0 Å². The molecule has 2 heterocycles. The minimum Gasteiger partial charge on any atom is -0.387 e. The summed E-state index contributed by atoms with van der Waals surface area (Å²) in [5.74, 6) is 0.151. The van der Waals surface area contributed by atoms with Crippen LogP contribution in [-0.2, 0) is 9.53 Å². The number of aliphatic hydroxyl groups is 1. The number of carbonyl (C=O) groups is 1. The number of hydrogen-bond acceptors (Lipinski definition) is 4. The van der Waals surface area contributed by atoms with Gasteiger partial charge in [-0.15, -0.1) is 0 Å². The van der Waals surface area contributed by atoms with Crippen LogP contribution in [-0.4, -0.2) is 71.8 Å². The molecule has 1 atom stereocenters. The molecule has 5 heteroatoms. The summed E-state index contributed by atoms with van der Waals surface area (Å²) in [6.45, 7) is 7.63. The van der Waals surface area contributed by atoms with E-state index in [1.807, 2.05) is 23.6 Å². The Hall–Kier alpha value is -0.650. The van der Waals surface area contributed by atoms with Crippen LogP contribution >= 0.6 is 0 Å². The second kappa shape index (κ2) is 4.92. The summed E-state index contributed by atoms with van der Waals surface area (Å²) < 4.78 is 5.41. The van der Waals surface area contributed by atoms with Crippen LogP contribution in [0.4, 0.5) is 0 Å².